The summed E-state index contributed by atoms with van der Waals surface area (Å²) in [4.78, 5) is 47.1. The van der Waals surface area contributed by atoms with Gasteiger partial charge in [-0.05, 0) is 19.3 Å². The fraction of sp³-hybridized carbons (Fsp3) is 0.840. The van der Waals surface area contributed by atoms with E-state index in [1.807, 2.05) is 0 Å². The number of esters is 4. The molecule has 0 fully saturated rings. The fourth-order valence-corrected chi connectivity index (χ4v) is 3.31. The van der Waals surface area contributed by atoms with Gasteiger partial charge in [-0.2, -0.15) is 0 Å². The molecule has 9 heteroatoms. The molecule has 0 amide bonds. The third-order valence-corrected chi connectivity index (χ3v) is 5.37. The van der Waals surface area contributed by atoms with E-state index in [-0.39, 0.29) is 87.7 Å². The number of carbonyl (C=O) groups is 4. The summed E-state index contributed by atoms with van der Waals surface area (Å²) in [6, 6.07) is -1.10. The maximum absolute atomic E-state index is 11.9. The number of hydrogen-bond acceptors (Lipinski definition) is 7. The molecule has 0 saturated carbocycles. The Bertz CT molecular complexity index is 557. The van der Waals surface area contributed by atoms with E-state index in [9.17, 15) is 19.2 Å². The van der Waals surface area contributed by atoms with Crippen LogP contribution in [0, 0.1) is 0 Å². The van der Waals surface area contributed by atoms with E-state index in [2.05, 4.69) is 13.8 Å². The third kappa shape index (κ3) is 25.3. The Morgan fingerprint density at radius 1 is 0.588 bits per heavy atom. The van der Waals surface area contributed by atoms with E-state index in [0.717, 1.165) is 38.5 Å². The van der Waals surface area contributed by atoms with Crippen LogP contribution in [0.25, 0.3) is 0 Å². The normalized spacial score (nSPS) is 11.0. The molecule has 0 radical (unpaired) electrons. The quantitative estimate of drug-likeness (QED) is 0.105. The standard InChI is InChI=1S/C25H45NO6.2Na.2H/c1-3-5-7-9-11-13-15-17-22(27)31-24(29)20-19-21(26)25(30)32-23(28)18-16-14-12-10-8-6-4-2;;;;/h21H,3-20,26H2,1-2H3;;;;/q;2*+1;2*-1/t21-;;;;/m0..../s1. The molecule has 34 heavy (non-hydrogen) atoms. The van der Waals surface area contributed by atoms with Gasteiger partial charge in [0.2, 0.25) is 0 Å². The number of ether oxygens (including phenoxy) is 2. The molecule has 2 N–H and O–H groups in total. The van der Waals surface area contributed by atoms with E-state index < -0.39 is 29.9 Å². The predicted octanol–water partition coefficient (Wildman–Crippen LogP) is -0.252. The summed E-state index contributed by atoms with van der Waals surface area (Å²) in [5, 5.41) is 0. The van der Waals surface area contributed by atoms with Crippen LogP contribution in [0.1, 0.15) is 132 Å². The Labute approximate surface area is 254 Å². The number of hydrogen-bond donors (Lipinski definition) is 1. The van der Waals surface area contributed by atoms with Crippen LogP contribution in [0.3, 0.4) is 0 Å². The van der Waals surface area contributed by atoms with Gasteiger partial charge in [-0.25, -0.2) is 4.79 Å². The van der Waals surface area contributed by atoms with E-state index in [1.165, 1.54) is 38.5 Å². The average molecular weight is 504 g/mol. The van der Waals surface area contributed by atoms with Gasteiger partial charge in [0.15, 0.2) is 0 Å². The maximum atomic E-state index is 11.9. The van der Waals surface area contributed by atoms with Crippen molar-refractivity contribution < 1.29 is 90.6 Å². The minimum absolute atomic E-state index is 0. The van der Waals surface area contributed by atoms with Gasteiger partial charge in [-0.3, -0.25) is 14.4 Å². The zero-order valence-corrected chi connectivity index (χ0v) is 26.3. The largest absolute Gasteiger partial charge is 1.00 e. The van der Waals surface area contributed by atoms with Crippen LogP contribution in [0.2, 0.25) is 0 Å². The molecule has 0 heterocycles. The second kappa shape index (κ2) is 27.8. The summed E-state index contributed by atoms with van der Waals surface area (Å²) in [6.45, 7) is 4.33. The summed E-state index contributed by atoms with van der Waals surface area (Å²) in [6.07, 6.45) is 15.2. The number of rotatable bonds is 20. The molecular weight excluding hydrogens is 456 g/mol. The van der Waals surface area contributed by atoms with E-state index in [0.29, 0.717) is 12.8 Å². The van der Waals surface area contributed by atoms with Gasteiger partial charge in [0.05, 0.1) is 0 Å². The first-order valence-corrected chi connectivity index (χ1v) is 12.6. The molecule has 0 saturated heterocycles. The molecule has 0 rings (SSSR count). The van der Waals surface area contributed by atoms with Crippen molar-refractivity contribution in [2.45, 2.75) is 135 Å². The minimum atomic E-state index is -1.10. The van der Waals surface area contributed by atoms with Crippen molar-refractivity contribution in [3.63, 3.8) is 0 Å². The maximum Gasteiger partial charge on any atom is 1.00 e. The van der Waals surface area contributed by atoms with Gasteiger partial charge < -0.3 is 18.1 Å². The van der Waals surface area contributed by atoms with Crippen molar-refractivity contribution in [1.82, 2.24) is 0 Å². The van der Waals surface area contributed by atoms with Gasteiger partial charge in [-0.15, -0.1) is 0 Å². The van der Waals surface area contributed by atoms with Crippen LogP contribution in [-0.2, 0) is 28.7 Å². The molecule has 0 aliphatic carbocycles. The van der Waals surface area contributed by atoms with Crippen molar-refractivity contribution in [3.05, 3.63) is 0 Å². The first-order chi connectivity index (χ1) is 15.4. The fourth-order valence-electron chi connectivity index (χ4n) is 3.31. The average Bonchev–Trinajstić information content (AvgIpc) is 2.76. The second-order valence-electron chi connectivity index (χ2n) is 8.53. The first kappa shape index (κ1) is 38.8. The summed E-state index contributed by atoms with van der Waals surface area (Å²) in [7, 11) is 0. The Kier molecular flexibility index (Phi) is 31.7. The van der Waals surface area contributed by atoms with E-state index >= 15 is 0 Å². The van der Waals surface area contributed by atoms with Crippen molar-refractivity contribution in [2.75, 3.05) is 0 Å². The molecule has 0 aromatic rings. The zero-order valence-electron chi connectivity index (χ0n) is 24.3. The summed E-state index contributed by atoms with van der Waals surface area (Å²) in [5.74, 6) is -2.70. The van der Waals surface area contributed by atoms with Gasteiger partial charge in [0.1, 0.15) is 6.04 Å². The Morgan fingerprint density at radius 3 is 1.38 bits per heavy atom. The van der Waals surface area contributed by atoms with E-state index in [4.69, 9.17) is 15.2 Å². The number of carbonyl (C=O) groups excluding carboxylic acids is 4. The number of nitrogens with two attached hydrogens (primary N) is 1. The summed E-state index contributed by atoms with van der Waals surface area (Å²) >= 11 is 0. The molecule has 0 unspecified atom stereocenters. The van der Waals surface area contributed by atoms with Gasteiger partial charge in [0.25, 0.3) is 0 Å². The SMILES string of the molecule is CCCCCCCCCC(=O)OC(=O)CC[C@H](N)C(=O)OC(=O)CCCCCCCCC.[H-].[H-].[Na+].[Na+]. The van der Waals surface area contributed by atoms with Gasteiger partial charge >= 0.3 is 83.0 Å². The topological polar surface area (TPSA) is 113 Å². The molecule has 0 aromatic carbocycles. The van der Waals surface area contributed by atoms with Gasteiger partial charge in [-0.1, -0.05) is 90.9 Å². The molecule has 0 spiro atoms. The van der Waals surface area contributed by atoms with Crippen LogP contribution in [0.4, 0.5) is 0 Å². The molecule has 1 atom stereocenters. The van der Waals surface area contributed by atoms with Crippen LogP contribution >= 0.6 is 0 Å². The van der Waals surface area contributed by atoms with Crippen molar-refractivity contribution in [1.29, 1.82) is 0 Å². The Balaban J connectivity index is -0.000000801. The predicted molar refractivity (Wildman–Crippen MR) is 127 cm³/mol. The van der Waals surface area contributed by atoms with Crippen molar-refractivity contribution in [2.24, 2.45) is 5.73 Å². The molecule has 7 nitrogen and oxygen atoms in total. The molecule has 0 bridgehead atoms. The molecule has 0 aliphatic rings. The number of unbranched alkanes of at least 4 members (excludes halogenated alkanes) is 12. The van der Waals surface area contributed by atoms with Crippen molar-refractivity contribution >= 4 is 23.9 Å². The Hall–Kier alpha value is 0.240. The Morgan fingerprint density at radius 2 is 0.941 bits per heavy atom. The van der Waals surface area contributed by atoms with Gasteiger partial charge in [0, 0.05) is 19.3 Å². The zero-order chi connectivity index (χ0) is 24.0. The molecule has 190 valence electrons. The summed E-state index contributed by atoms with van der Waals surface area (Å²) in [5.41, 5.74) is 5.70. The smallest absolute Gasteiger partial charge is 1.00 e. The van der Waals surface area contributed by atoms with Crippen LogP contribution in [-0.4, -0.2) is 29.9 Å². The molecular formula is C25H47NNa2O6. The second-order valence-corrected chi connectivity index (χ2v) is 8.53. The minimum Gasteiger partial charge on any atom is -1.00 e. The molecule has 0 aromatic heterocycles. The summed E-state index contributed by atoms with van der Waals surface area (Å²) < 4.78 is 9.50. The third-order valence-electron chi connectivity index (χ3n) is 5.37. The van der Waals surface area contributed by atoms with Crippen LogP contribution < -0.4 is 64.8 Å². The van der Waals surface area contributed by atoms with E-state index in [1.54, 1.807) is 0 Å². The first-order valence-electron chi connectivity index (χ1n) is 12.6. The molecule has 0 aliphatic heterocycles. The van der Waals surface area contributed by atoms with Crippen LogP contribution in [0.15, 0.2) is 0 Å². The monoisotopic (exact) mass is 503 g/mol. The van der Waals surface area contributed by atoms with Crippen molar-refractivity contribution in [3.8, 4) is 0 Å². The van der Waals surface area contributed by atoms with Crippen LogP contribution in [0.5, 0.6) is 0 Å².